The van der Waals surface area contributed by atoms with Crippen LogP contribution in [0.1, 0.15) is 72.4 Å². The number of aliphatic hydroxyl groups excluding tert-OH is 1. The molecule has 3 atom stereocenters. The number of carbonyl (C=O) groups excluding carboxylic acids is 5. The predicted octanol–water partition coefficient (Wildman–Crippen LogP) is 7.56. The van der Waals surface area contributed by atoms with E-state index in [0.717, 1.165) is 33.8 Å². The second-order valence-electron chi connectivity index (χ2n) is 20.9. The SMILES string of the molecule is Cc1ncsc1-c1ccc(CNC(=O)[C@@H]2C[C@@H](O)CN2C(=O)[C@H](C(C)C)N2Cc3ccccc3C2=O)c(OCCOCCOCCOCCOCCOCCOc2ccc(N3C(=O)N(c4ccc(C#N)c(C(F)(F)F)c4)C(=O)C3(C)C)cc2)c1. The molecule has 5 aromatic rings. The van der Waals surface area contributed by atoms with Gasteiger partial charge in [0, 0.05) is 42.9 Å². The van der Waals surface area contributed by atoms with E-state index in [9.17, 15) is 42.3 Å². The fourth-order valence-electron chi connectivity index (χ4n) is 10.2. The highest BCUT2D eigenvalue weighted by atomic mass is 32.1. The Morgan fingerprint density at radius 1 is 0.821 bits per heavy atom. The number of rotatable bonds is 29. The Labute approximate surface area is 488 Å². The Balaban J connectivity index is 0.676. The number of benzene rings is 4. The second-order valence-corrected chi connectivity index (χ2v) is 21.7. The number of ether oxygens (including phenoxy) is 7. The number of anilines is 2. The van der Waals surface area contributed by atoms with Crippen LogP contribution < -0.4 is 24.6 Å². The van der Waals surface area contributed by atoms with Gasteiger partial charge in [0.05, 0.1) is 111 Å². The Morgan fingerprint density at radius 2 is 1.43 bits per heavy atom. The molecule has 3 aliphatic rings. The van der Waals surface area contributed by atoms with Gasteiger partial charge in [-0.3, -0.25) is 24.1 Å². The summed E-state index contributed by atoms with van der Waals surface area (Å²) in [7, 11) is 0. The molecular weight excluding hydrogens is 1120 g/mol. The Morgan fingerprint density at radius 3 is 2.01 bits per heavy atom. The van der Waals surface area contributed by atoms with Crippen LogP contribution in [0.15, 0.2) is 90.4 Å². The molecular formula is C60H68F3N7O13S. The maximum atomic E-state index is 14.2. The monoisotopic (exact) mass is 1180 g/mol. The lowest BCUT2D eigenvalue weighted by atomic mass is 10.0. The molecule has 2 N–H and O–H groups in total. The van der Waals surface area contributed by atoms with Gasteiger partial charge in [-0.2, -0.15) is 18.4 Å². The number of alkyl halides is 3. The number of halogens is 3. The molecule has 8 rings (SSSR count). The van der Waals surface area contributed by atoms with Gasteiger partial charge in [-0.05, 0) is 92.4 Å². The van der Waals surface area contributed by atoms with Crippen molar-refractivity contribution in [2.45, 2.75) is 84.0 Å². The van der Waals surface area contributed by atoms with Gasteiger partial charge < -0.3 is 53.4 Å². The Kier molecular flexibility index (Phi) is 21.1. The Hall–Kier alpha value is -7.50. The van der Waals surface area contributed by atoms with Crippen molar-refractivity contribution in [2.24, 2.45) is 5.92 Å². The summed E-state index contributed by atoms with van der Waals surface area (Å²) in [5, 5.41) is 22.9. The fourth-order valence-corrected chi connectivity index (χ4v) is 11.0. The van der Waals surface area contributed by atoms with Gasteiger partial charge in [0.25, 0.3) is 11.8 Å². The molecule has 2 saturated heterocycles. The summed E-state index contributed by atoms with van der Waals surface area (Å²) in [5.74, 6) is -1.02. The first-order chi connectivity index (χ1) is 40.3. The molecule has 84 heavy (non-hydrogen) atoms. The summed E-state index contributed by atoms with van der Waals surface area (Å²) in [6.45, 7) is 12.6. The zero-order valence-electron chi connectivity index (χ0n) is 47.4. The standard InChI is InChI=1S/C60H68F3N7O13S/c1-38(2)52(68-35-43-8-6-7-9-48(43)55(68)73)56(74)67-36-46(71)32-50(67)54(72)65-34-42-11-10-40(53-39(3)66-37-84-53)30-51(42)83-29-27-81-25-23-79-21-19-77-18-20-78-22-24-80-26-28-82-47-16-14-44(15-17-47)70-58(76)69(57(75)59(70,4)5)45-13-12-41(33-64)49(31-45)60(61,62)63/h6-17,30-31,37-38,46,50,52,71H,18-29,32,34-36H2,1-5H3,(H,65,72)/t46-,50+,52+/m1/s1. The van der Waals surface area contributed by atoms with E-state index in [1.165, 1.54) is 41.1 Å². The van der Waals surface area contributed by atoms with E-state index in [0.29, 0.717) is 92.1 Å². The van der Waals surface area contributed by atoms with E-state index in [-0.39, 0.29) is 75.9 Å². The number of carbonyl (C=O) groups is 5. The van der Waals surface area contributed by atoms with Gasteiger partial charge in [-0.15, -0.1) is 11.3 Å². The summed E-state index contributed by atoms with van der Waals surface area (Å²) in [5.41, 5.74) is 2.36. The number of β-amino-alcohol motifs (C(OH)–C–C–N with tert-alkyl or cyclic N) is 1. The number of aliphatic hydroxyl groups is 1. The van der Waals surface area contributed by atoms with E-state index in [1.807, 2.05) is 51.1 Å². The second kappa shape index (κ2) is 28.4. The smallest absolute Gasteiger partial charge is 0.417 e. The molecule has 3 aliphatic heterocycles. The highest BCUT2D eigenvalue weighted by Crippen LogP contribution is 2.40. The Bertz CT molecular complexity index is 3170. The lowest BCUT2D eigenvalue weighted by Gasteiger charge is -2.35. The van der Waals surface area contributed by atoms with Gasteiger partial charge in [0.2, 0.25) is 11.8 Å². The average molecular weight is 1180 g/mol. The van der Waals surface area contributed by atoms with Crippen molar-refractivity contribution in [1.29, 1.82) is 5.26 Å². The third-order valence-corrected chi connectivity index (χ3v) is 15.4. The quantitative estimate of drug-likeness (QED) is 0.0348. The lowest BCUT2D eigenvalue weighted by molar-refractivity contribution is -0.143. The molecule has 448 valence electrons. The summed E-state index contributed by atoms with van der Waals surface area (Å²) >= 11 is 1.50. The zero-order valence-corrected chi connectivity index (χ0v) is 48.2. The predicted molar refractivity (Wildman–Crippen MR) is 302 cm³/mol. The van der Waals surface area contributed by atoms with Crippen LogP contribution in [0.3, 0.4) is 0 Å². The molecule has 6 amide bonds. The lowest BCUT2D eigenvalue weighted by Crippen LogP contribution is -2.55. The number of urea groups is 1. The molecule has 4 aromatic carbocycles. The minimum absolute atomic E-state index is 0.0231. The fraction of sp³-hybridized carbons (Fsp3) is 0.450. The summed E-state index contributed by atoms with van der Waals surface area (Å²) in [6, 6.07) is 20.9. The first-order valence-electron chi connectivity index (χ1n) is 27.5. The van der Waals surface area contributed by atoms with Crippen molar-refractivity contribution in [3.8, 4) is 28.0 Å². The van der Waals surface area contributed by atoms with Crippen LogP contribution in [0.25, 0.3) is 10.4 Å². The summed E-state index contributed by atoms with van der Waals surface area (Å²) in [4.78, 5) is 78.8. The molecule has 0 radical (unpaired) electrons. The highest BCUT2D eigenvalue weighted by molar-refractivity contribution is 7.13. The number of hydrogen-bond acceptors (Lipinski definition) is 16. The van der Waals surface area contributed by atoms with Gasteiger partial charge >= 0.3 is 12.2 Å². The largest absolute Gasteiger partial charge is 0.491 e. The maximum Gasteiger partial charge on any atom is 0.417 e. The van der Waals surface area contributed by atoms with E-state index in [1.54, 1.807) is 46.8 Å². The minimum atomic E-state index is -4.87. The molecule has 1 aromatic heterocycles. The number of aryl methyl sites for hydroxylation is 1. The van der Waals surface area contributed by atoms with Crippen molar-refractivity contribution in [3.05, 3.63) is 124 Å². The first kappa shape index (κ1) is 62.5. The zero-order chi connectivity index (χ0) is 60.1. The minimum Gasteiger partial charge on any atom is -0.491 e. The summed E-state index contributed by atoms with van der Waals surface area (Å²) in [6.07, 6.45) is -5.71. The molecule has 0 saturated carbocycles. The molecule has 0 spiro atoms. The van der Waals surface area contributed by atoms with E-state index < -0.39 is 58.9 Å². The number of nitrogens with zero attached hydrogens (tertiary/aromatic N) is 6. The van der Waals surface area contributed by atoms with Crippen LogP contribution in [0, 0.1) is 24.2 Å². The topological polar surface area (TPSA) is 232 Å². The third-order valence-electron chi connectivity index (χ3n) is 14.4. The van der Waals surface area contributed by atoms with E-state index in [2.05, 4.69) is 10.3 Å². The van der Waals surface area contributed by atoms with Crippen LogP contribution in [0.4, 0.5) is 29.3 Å². The highest BCUT2D eigenvalue weighted by Gasteiger charge is 2.53. The van der Waals surface area contributed by atoms with Crippen LogP contribution in [0.5, 0.6) is 11.5 Å². The molecule has 24 heteroatoms. The maximum absolute atomic E-state index is 14.2. The normalized spacial score (nSPS) is 17.1. The third kappa shape index (κ3) is 14.9. The van der Waals surface area contributed by atoms with E-state index in [4.69, 9.17) is 38.4 Å². The molecule has 0 unspecified atom stereocenters. The van der Waals surface area contributed by atoms with Gasteiger partial charge in [-0.25, -0.2) is 14.7 Å². The number of likely N-dealkylation sites (tertiary alicyclic amines) is 1. The van der Waals surface area contributed by atoms with Crippen molar-refractivity contribution in [2.75, 3.05) is 95.6 Å². The van der Waals surface area contributed by atoms with Crippen molar-refractivity contribution in [3.63, 3.8) is 0 Å². The van der Waals surface area contributed by atoms with Crippen LogP contribution in [-0.4, -0.2) is 159 Å². The van der Waals surface area contributed by atoms with E-state index >= 15 is 0 Å². The van der Waals surface area contributed by atoms with Crippen LogP contribution in [0.2, 0.25) is 0 Å². The molecule has 0 bridgehead atoms. The van der Waals surface area contributed by atoms with Gasteiger partial charge in [-0.1, -0.05) is 44.2 Å². The molecule has 20 nitrogen and oxygen atoms in total. The van der Waals surface area contributed by atoms with Crippen LogP contribution in [-0.2, 0) is 57.3 Å². The van der Waals surface area contributed by atoms with Crippen molar-refractivity contribution >= 4 is 52.4 Å². The number of nitrogens with one attached hydrogen (secondary N) is 1. The number of fused-ring (bicyclic) bond motifs is 1. The van der Waals surface area contributed by atoms with Gasteiger partial charge in [0.15, 0.2) is 0 Å². The van der Waals surface area contributed by atoms with Crippen LogP contribution >= 0.6 is 11.3 Å². The van der Waals surface area contributed by atoms with Crippen molar-refractivity contribution < 1.29 is 75.4 Å². The molecule has 2 fully saturated rings. The average Bonchev–Trinajstić information content (AvgIpc) is 3.36. The molecule has 4 heterocycles. The number of aromatic nitrogens is 1. The first-order valence-corrected chi connectivity index (χ1v) is 28.4. The summed E-state index contributed by atoms with van der Waals surface area (Å²) < 4.78 is 81.2. The number of hydrogen-bond donors (Lipinski definition) is 2. The number of amides is 6. The van der Waals surface area contributed by atoms with Crippen molar-refractivity contribution in [1.82, 2.24) is 20.1 Å². The number of imide groups is 1. The number of nitriles is 1. The molecule has 0 aliphatic carbocycles. The van der Waals surface area contributed by atoms with Gasteiger partial charge in [0.1, 0.15) is 42.3 Å². The number of thiazole rings is 1.